The van der Waals surface area contributed by atoms with Crippen LogP contribution in [0.4, 0.5) is 0 Å². The van der Waals surface area contributed by atoms with Gasteiger partial charge in [-0.3, -0.25) is 4.79 Å². The van der Waals surface area contributed by atoms with E-state index in [9.17, 15) is 4.79 Å². The van der Waals surface area contributed by atoms with Gasteiger partial charge in [0.2, 0.25) is 0 Å². The molecular formula is C19H19N5O2S. The fourth-order valence-electron chi connectivity index (χ4n) is 3.19. The van der Waals surface area contributed by atoms with Crippen molar-refractivity contribution in [2.45, 2.75) is 6.04 Å². The van der Waals surface area contributed by atoms with Crippen molar-refractivity contribution in [2.24, 2.45) is 0 Å². The molecule has 8 heteroatoms. The van der Waals surface area contributed by atoms with Gasteiger partial charge >= 0.3 is 0 Å². The second kappa shape index (κ2) is 7.81. The number of carbonyl (C=O) groups is 1. The largest absolute Gasteiger partial charge is 0.496 e. The van der Waals surface area contributed by atoms with Crippen LogP contribution in [0.1, 0.15) is 21.3 Å². The van der Waals surface area contributed by atoms with Gasteiger partial charge in [-0.25, -0.2) is 15.0 Å². The first-order chi connectivity index (χ1) is 13.3. The molecule has 0 spiro atoms. The quantitative estimate of drug-likeness (QED) is 0.748. The number of amides is 1. The zero-order valence-corrected chi connectivity index (χ0v) is 15.6. The molecule has 7 nitrogen and oxygen atoms in total. The van der Waals surface area contributed by atoms with Crippen LogP contribution in [-0.2, 0) is 0 Å². The first kappa shape index (κ1) is 17.6. The van der Waals surface area contributed by atoms with E-state index in [1.165, 1.54) is 11.3 Å². The Kier molecular flexibility index (Phi) is 5.08. The lowest BCUT2D eigenvalue weighted by Crippen LogP contribution is -2.48. The molecule has 1 unspecified atom stereocenters. The number of nitrogens with zero attached hydrogens (tertiary/aromatic N) is 4. The van der Waals surface area contributed by atoms with Crippen molar-refractivity contribution in [3.8, 4) is 16.6 Å². The third-order valence-electron chi connectivity index (χ3n) is 4.48. The average molecular weight is 381 g/mol. The molecule has 27 heavy (non-hydrogen) atoms. The summed E-state index contributed by atoms with van der Waals surface area (Å²) in [4.78, 5) is 28.4. The lowest BCUT2D eigenvalue weighted by atomic mass is 10.0. The number of aromatic nitrogens is 3. The van der Waals surface area contributed by atoms with Crippen molar-refractivity contribution in [1.29, 1.82) is 0 Å². The van der Waals surface area contributed by atoms with Crippen LogP contribution in [0.2, 0.25) is 0 Å². The van der Waals surface area contributed by atoms with E-state index in [1.807, 2.05) is 29.2 Å². The molecule has 1 amide bonds. The molecular weight excluding hydrogens is 362 g/mol. The minimum atomic E-state index is -0.0964. The first-order valence-corrected chi connectivity index (χ1v) is 9.47. The minimum Gasteiger partial charge on any atom is -0.496 e. The van der Waals surface area contributed by atoms with Crippen LogP contribution in [0.3, 0.4) is 0 Å². The molecule has 2 aromatic heterocycles. The van der Waals surface area contributed by atoms with Gasteiger partial charge in [0, 0.05) is 37.6 Å². The van der Waals surface area contributed by atoms with Gasteiger partial charge in [-0.15, -0.1) is 11.3 Å². The Morgan fingerprint density at radius 3 is 2.85 bits per heavy atom. The molecule has 1 aliphatic heterocycles. The second-order valence-corrected chi connectivity index (χ2v) is 7.09. The molecule has 1 atom stereocenters. The zero-order chi connectivity index (χ0) is 18.6. The van der Waals surface area contributed by atoms with E-state index < -0.39 is 0 Å². The smallest absolute Gasteiger partial charge is 0.266 e. The highest BCUT2D eigenvalue weighted by molar-refractivity contribution is 7.16. The summed E-state index contributed by atoms with van der Waals surface area (Å²) in [7, 11) is 1.65. The number of benzene rings is 1. The number of thiazole rings is 1. The predicted octanol–water partition coefficient (Wildman–Crippen LogP) is 2.40. The number of nitrogens with one attached hydrogen (secondary N) is 1. The van der Waals surface area contributed by atoms with Crippen molar-refractivity contribution >= 4 is 17.2 Å². The van der Waals surface area contributed by atoms with Crippen LogP contribution in [0, 0.1) is 0 Å². The van der Waals surface area contributed by atoms with Gasteiger partial charge in [-0.2, -0.15) is 0 Å². The van der Waals surface area contributed by atoms with Crippen molar-refractivity contribution in [2.75, 3.05) is 26.7 Å². The molecule has 1 fully saturated rings. The number of para-hydroxylation sites is 1. The fourth-order valence-corrected chi connectivity index (χ4v) is 4.01. The van der Waals surface area contributed by atoms with Crippen LogP contribution in [0.5, 0.6) is 5.75 Å². The summed E-state index contributed by atoms with van der Waals surface area (Å²) in [5.41, 5.74) is 0.997. The van der Waals surface area contributed by atoms with Gasteiger partial charge < -0.3 is 15.0 Å². The lowest BCUT2D eigenvalue weighted by Gasteiger charge is -2.36. The highest BCUT2D eigenvalue weighted by Crippen LogP contribution is 2.32. The van der Waals surface area contributed by atoms with E-state index in [0.29, 0.717) is 28.8 Å². The van der Waals surface area contributed by atoms with Gasteiger partial charge in [0.25, 0.3) is 5.91 Å². The van der Waals surface area contributed by atoms with Gasteiger partial charge in [0.15, 0.2) is 10.8 Å². The van der Waals surface area contributed by atoms with Crippen LogP contribution >= 0.6 is 11.3 Å². The monoisotopic (exact) mass is 381 g/mol. The maximum Gasteiger partial charge on any atom is 0.266 e. The third kappa shape index (κ3) is 3.54. The van der Waals surface area contributed by atoms with E-state index in [2.05, 4.69) is 20.3 Å². The number of methoxy groups -OCH3 is 1. The molecule has 3 heterocycles. The topological polar surface area (TPSA) is 80.2 Å². The maximum atomic E-state index is 13.2. The van der Waals surface area contributed by atoms with E-state index in [0.717, 1.165) is 17.9 Å². The van der Waals surface area contributed by atoms with E-state index in [-0.39, 0.29) is 11.9 Å². The second-order valence-electron chi connectivity index (χ2n) is 6.06. The van der Waals surface area contributed by atoms with Crippen molar-refractivity contribution in [1.82, 2.24) is 25.2 Å². The van der Waals surface area contributed by atoms with Gasteiger partial charge in [-0.05, 0) is 12.1 Å². The van der Waals surface area contributed by atoms with Gasteiger partial charge in [-0.1, -0.05) is 18.2 Å². The Balaban J connectivity index is 1.63. The number of ether oxygens (including phenoxy) is 1. The molecule has 0 saturated carbocycles. The molecule has 1 N–H and O–H groups in total. The number of hydrogen-bond acceptors (Lipinski definition) is 7. The van der Waals surface area contributed by atoms with Crippen LogP contribution < -0.4 is 10.1 Å². The predicted molar refractivity (Wildman–Crippen MR) is 103 cm³/mol. The minimum absolute atomic E-state index is 0.0351. The lowest BCUT2D eigenvalue weighted by molar-refractivity contribution is 0.0636. The molecule has 0 radical (unpaired) electrons. The summed E-state index contributed by atoms with van der Waals surface area (Å²) in [6.07, 6.45) is 4.94. The third-order valence-corrected chi connectivity index (χ3v) is 5.46. The molecule has 3 aromatic rings. The fraction of sp³-hybridized carbons (Fsp3) is 0.263. The maximum absolute atomic E-state index is 13.2. The molecule has 4 rings (SSSR count). The van der Waals surface area contributed by atoms with E-state index >= 15 is 0 Å². The summed E-state index contributed by atoms with van der Waals surface area (Å²) >= 11 is 1.32. The van der Waals surface area contributed by atoms with Crippen molar-refractivity contribution in [3.63, 3.8) is 0 Å². The van der Waals surface area contributed by atoms with Crippen LogP contribution in [0.15, 0.2) is 48.9 Å². The first-order valence-electron chi connectivity index (χ1n) is 8.65. The Bertz CT molecular complexity index is 931. The van der Waals surface area contributed by atoms with Crippen molar-refractivity contribution < 1.29 is 9.53 Å². The Hall–Kier alpha value is -2.84. The zero-order valence-electron chi connectivity index (χ0n) is 14.8. The van der Waals surface area contributed by atoms with E-state index in [4.69, 9.17) is 4.74 Å². The molecule has 1 aliphatic rings. The highest BCUT2D eigenvalue weighted by atomic mass is 32.1. The Labute approximate surface area is 161 Å². The SMILES string of the molecule is COc1ccccc1C1CNCCN1C(=O)c1cnc(-c2ncccn2)s1. The Morgan fingerprint density at radius 2 is 2.04 bits per heavy atom. The van der Waals surface area contributed by atoms with Crippen molar-refractivity contribution in [3.05, 3.63) is 59.4 Å². The number of piperazine rings is 1. The summed E-state index contributed by atoms with van der Waals surface area (Å²) in [6.45, 7) is 2.06. The van der Waals surface area contributed by atoms with Crippen LogP contribution in [0.25, 0.3) is 10.8 Å². The molecule has 138 valence electrons. The standard InChI is InChI=1S/C19H19N5O2S/c1-26-15-6-3-2-5-13(15)14-11-20-9-10-24(14)19(25)16-12-23-18(27-16)17-21-7-4-8-22-17/h2-8,12,14,20H,9-11H2,1H3. The molecule has 1 aromatic carbocycles. The normalized spacial score (nSPS) is 16.9. The number of rotatable bonds is 4. The summed E-state index contributed by atoms with van der Waals surface area (Å²) in [5.74, 6) is 1.28. The molecule has 0 bridgehead atoms. The number of hydrogen-bond donors (Lipinski definition) is 1. The Morgan fingerprint density at radius 1 is 1.22 bits per heavy atom. The highest BCUT2D eigenvalue weighted by Gasteiger charge is 2.31. The number of carbonyl (C=O) groups excluding carboxylic acids is 1. The molecule has 1 saturated heterocycles. The summed E-state index contributed by atoms with van der Waals surface area (Å²) < 4.78 is 5.50. The van der Waals surface area contributed by atoms with Crippen LogP contribution in [-0.4, -0.2) is 52.5 Å². The summed E-state index contributed by atoms with van der Waals surface area (Å²) in [5, 5.41) is 4.01. The molecule has 0 aliphatic carbocycles. The summed E-state index contributed by atoms with van der Waals surface area (Å²) in [6, 6.07) is 9.48. The van der Waals surface area contributed by atoms with Gasteiger partial charge in [0.05, 0.1) is 19.3 Å². The average Bonchev–Trinajstić information content (AvgIpc) is 3.24. The van der Waals surface area contributed by atoms with E-state index in [1.54, 1.807) is 31.8 Å². The van der Waals surface area contributed by atoms with Gasteiger partial charge in [0.1, 0.15) is 10.6 Å².